The Morgan fingerprint density at radius 1 is 1.08 bits per heavy atom. The molecule has 1 atom stereocenters. The van der Waals surface area contributed by atoms with E-state index < -0.39 is 0 Å². The van der Waals surface area contributed by atoms with Crippen LogP contribution in [0.4, 0.5) is 5.69 Å². The summed E-state index contributed by atoms with van der Waals surface area (Å²) >= 11 is 0. The predicted molar refractivity (Wildman–Crippen MR) is 101 cm³/mol. The van der Waals surface area contributed by atoms with Crippen LogP contribution in [0.3, 0.4) is 0 Å². The van der Waals surface area contributed by atoms with Crippen molar-refractivity contribution in [1.29, 1.82) is 0 Å². The number of anilines is 1. The van der Waals surface area contributed by atoms with E-state index in [1.807, 2.05) is 69.2 Å². The molecule has 2 aromatic carbocycles. The van der Waals surface area contributed by atoms with E-state index in [-0.39, 0.29) is 11.9 Å². The number of aryl methyl sites for hydroxylation is 1. The van der Waals surface area contributed by atoms with Gasteiger partial charge in [0.25, 0.3) is 5.91 Å². The largest absolute Gasteiger partial charge is 0.378 e. The lowest BCUT2D eigenvalue weighted by Gasteiger charge is -2.11. The number of hydrogen-bond donors (Lipinski definition) is 1. The lowest BCUT2D eigenvalue weighted by atomic mass is 10.1. The van der Waals surface area contributed by atoms with Gasteiger partial charge in [-0.2, -0.15) is 4.98 Å². The average Bonchev–Trinajstić information content (AvgIpc) is 3.12. The predicted octanol–water partition coefficient (Wildman–Crippen LogP) is 3.60. The van der Waals surface area contributed by atoms with Gasteiger partial charge >= 0.3 is 0 Å². The van der Waals surface area contributed by atoms with E-state index in [2.05, 4.69) is 15.5 Å². The van der Waals surface area contributed by atoms with Crippen LogP contribution in [0, 0.1) is 6.92 Å². The quantitative estimate of drug-likeness (QED) is 0.761. The van der Waals surface area contributed by atoms with Gasteiger partial charge < -0.3 is 14.7 Å². The molecule has 0 spiro atoms. The van der Waals surface area contributed by atoms with Gasteiger partial charge in [-0.3, -0.25) is 4.79 Å². The molecule has 134 valence electrons. The highest BCUT2D eigenvalue weighted by atomic mass is 16.5. The summed E-state index contributed by atoms with van der Waals surface area (Å²) in [6.07, 6.45) is 0. The second-order valence-corrected chi connectivity index (χ2v) is 6.46. The van der Waals surface area contributed by atoms with Crippen molar-refractivity contribution >= 4 is 11.6 Å². The zero-order chi connectivity index (χ0) is 18.7. The minimum Gasteiger partial charge on any atom is -0.378 e. The molecule has 0 radical (unpaired) electrons. The van der Waals surface area contributed by atoms with Crippen molar-refractivity contribution in [3.05, 3.63) is 65.5 Å². The van der Waals surface area contributed by atoms with Gasteiger partial charge in [0.05, 0.1) is 0 Å². The third kappa shape index (κ3) is 3.91. The highest BCUT2D eigenvalue weighted by Crippen LogP contribution is 2.21. The molecule has 1 N–H and O–H groups in total. The van der Waals surface area contributed by atoms with Crippen LogP contribution in [0.5, 0.6) is 0 Å². The topological polar surface area (TPSA) is 71.3 Å². The molecule has 1 aromatic heterocycles. The smallest absolute Gasteiger partial charge is 0.251 e. The van der Waals surface area contributed by atoms with Crippen molar-refractivity contribution in [2.45, 2.75) is 19.9 Å². The second kappa shape index (κ2) is 7.39. The summed E-state index contributed by atoms with van der Waals surface area (Å²) in [7, 11) is 3.97. The molecule has 6 heteroatoms. The SMILES string of the molecule is Cc1ccc(C(=O)N[C@@H](C)c2nc(-c3ccc(N(C)C)cc3)no2)cc1. The Kier molecular flexibility index (Phi) is 5.02. The number of rotatable bonds is 5. The Balaban J connectivity index is 1.70. The Morgan fingerprint density at radius 2 is 1.73 bits per heavy atom. The molecule has 1 heterocycles. The summed E-state index contributed by atoms with van der Waals surface area (Å²) in [4.78, 5) is 18.7. The van der Waals surface area contributed by atoms with Crippen molar-refractivity contribution in [2.24, 2.45) is 0 Å². The van der Waals surface area contributed by atoms with Crippen LogP contribution < -0.4 is 10.2 Å². The highest BCUT2D eigenvalue weighted by Gasteiger charge is 2.18. The molecule has 1 amide bonds. The van der Waals surface area contributed by atoms with Gasteiger partial charge in [-0.1, -0.05) is 22.9 Å². The molecule has 0 aliphatic heterocycles. The van der Waals surface area contributed by atoms with Crippen LogP contribution in [0.2, 0.25) is 0 Å². The number of hydrogen-bond acceptors (Lipinski definition) is 5. The second-order valence-electron chi connectivity index (χ2n) is 6.46. The molecule has 26 heavy (non-hydrogen) atoms. The van der Waals surface area contributed by atoms with Gasteiger partial charge in [0.1, 0.15) is 6.04 Å². The zero-order valence-electron chi connectivity index (χ0n) is 15.4. The van der Waals surface area contributed by atoms with Crippen LogP contribution in [-0.2, 0) is 0 Å². The summed E-state index contributed by atoms with van der Waals surface area (Å²) in [5.41, 5.74) is 3.66. The van der Waals surface area contributed by atoms with Crippen LogP contribution in [-0.4, -0.2) is 30.1 Å². The van der Waals surface area contributed by atoms with Gasteiger partial charge in [0.2, 0.25) is 11.7 Å². The van der Waals surface area contributed by atoms with Crippen molar-refractivity contribution in [1.82, 2.24) is 15.5 Å². The standard InChI is InChI=1S/C20H22N4O2/c1-13-5-7-16(8-6-13)19(25)21-14(2)20-22-18(23-26-20)15-9-11-17(12-10-15)24(3)4/h5-12,14H,1-4H3,(H,21,25)/t14-/m0/s1. The first kappa shape index (κ1) is 17.7. The molecular formula is C20H22N4O2. The Morgan fingerprint density at radius 3 is 2.35 bits per heavy atom. The molecule has 0 unspecified atom stereocenters. The van der Waals surface area contributed by atoms with Gasteiger partial charge in [0.15, 0.2) is 0 Å². The van der Waals surface area contributed by atoms with Crippen molar-refractivity contribution in [3.63, 3.8) is 0 Å². The monoisotopic (exact) mass is 350 g/mol. The normalized spacial score (nSPS) is 11.8. The third-order valence-corrected chi connectivity index (χ3v) is 4.12. The minimum atomic E-state index is -0.383. The lowest BCUT2D eigenvalue weighted by molar-refractivity contribution is 0.0932. The lowest BCUT2D eigenvalue weighted by Crippen LogP contribution is -2.26. The molecule has 0 aliphatic rings. The van der Waals surface area contributed by atoms with Crippen LogP contribution in [0.25, 0.3) is 11.4 Å². The fraction of sp³-hybridized carbons (Fsp3) is 0.250. The summed E-state index contributed by atoms with van der Waals surface area (Å²) in [5, 5.41) is 6.90. The van der Waals surface area contributed by atoms with E-state index in [1.165, 1.54) is 0 Å². The number of carbonyl (C=O) groups excluding carboxylic acids is 1. The number of nitrogens with zero attached hydrogens (tertiary/aromatic N) is 3. The average molecular weight is 350 g/mol. The summed E-state index contributed by atoms with van der Waals surface area (Å²) in [6.45, 7) is 3.80. The fourth-order valence-electron chi connectivity index (χ4n) is 2.48. The first-order valence-electron chi connectivity index (χ1n) is 8.43. The number of amides is 1. The van der Waals surface area contributed by atoms with Gasteiger partial charge in [-0.05, 0) is 50.2 Å². The van der Waals surface area contributed by atoms with Crippen molar-refractivity contribution < 1.29 is 9.32 Å². The maximum atomic E-state index is 12.3. The van der Waals surface area contributed by atoms with E-state index in [1.54, 1.807) is 12.1 Å². The van der Waals surface area contributed by atoms with E-state index in [4.69, 9.17) is 4.52 Å². The highest BCUT2D eigenvalue weighted by molar-refractivity contribution is 5.94. The third-order valence-electron chi connectivity index (χ3n) is 4.12. The van der Waals surface area contributed by atoms with Crippen LogP contribution in [0.1, 0.15) is 34.8 Å². The maximum Gasteiger partial charge on any atom is 0.251 e. The summed E-state index contributed by atoms with van der Waals surface area (Å²) in [6, 6.07) is 14.9. The molecule has 0 bridgehead atoms. The fourth-order valence-corrected chi connectivity index (χ4v) is 2.48. The molecule has 0 saturated carbocycles. The van der Waals surface area contributed by atoms with E-state index in [9.17, 15) is 4.79 Å². The summed E-state index contributed by atoms with van der Waals surface area (Å²) in [5.74, 6) is 0.700. The first-order valence-corrected chi connectivity index (χ1v) is 8.43. The molecule has 0 fully saturated rings. The number of aromatic nitrogens is 2. The minimum absolute atomic E-state index is 0.174. The van der Waals surface area contributed by atoms with E-state index in [0.29, 0.717) is 17.3 Å². The van der Waals surface area contributed by atoms with E-state index in [0.717, 1.165) is 16.8 Å². The van der Waals surface area contributed by atoms with E-state index >= 15 is 0 Å². The summed E-state index contributed by atoms with van der Waals surface area (Å²) < 4.78 is 5.33. The van der Waals surface area contributed by atoms with Crippen LogP contribution in [0.15, 0.2) is 53.1 Å². The first-order chi connectivity index (χ1) is 12.4. The van der Waals surface area contributed by atoms with Crippen molar-refractivity contribution in [3.8, 4) is 11.4 Å². The number of carbonyl (C=O) groups is 1. The van der Waals surface area contributed by atoms with Gasteiger partial charge in [-0.25, -0.2) is 0 Å². The Labute approximate surface area is 152 Å². The van der Waals surface area contributed by atoms with Gasteiger partial charge in [0, 0.05) is 30.9 Å². The molecule has 6 nitrogen and oxygen atoms in total. The zero-order valence-corrected chi connectivity index (χ0v) is 15.4. The Hall–Kier alpha value is -3.15. The van der Waals surface area contributed by atoms with Gasteiger partial charge in [-0.15, -0.1) is 0 Å². The molecule has 0 saturated heterocycles. The Bertz CT molecular complexity index is 883. The number of nitrogens with one attached hydrogen (secondary N) is 1. The number of benzene rings is 2. The van der Waals surface area contributed by atoms with Crippen LogP contribution >= 0.6 is 0 Å². The molecular weight excluding hydrogens is 328 g/mol. The van der Waals surface area contributed by atoms with Crippen molar-refractivity contribution in [2.75, 3.05) is 19.0 Å². The maximum absolute atomic E-state index is 12.3. The molecule has 3 rings (SSSR count). The molecule has 3 aromatic rings. The molecule has 0 aliphatic carbocycles.